The first-order chi connectivity index (χ1) is 7.95. The monoisotopic (exact) mass is 247 g/mol. The normalized spacial score (nSPS) is 9.88. The van der Waals surface area contributed by atoms with Gasteiger partial charge in [-0.05, 0) is 6.92 Å². The molecule has 4 nitrogen and oxygen atoms in total. The molecule has 0 saturated heterocycles. The van der Waals surface area contributed by atoms with Crippen LogP contribution in [0, 0.1) is 17.5 Å². The molecule has 1 rings (SSSR count). The number of nitrogens with one attached hydrogen (secondary N) is 1. The number of hydrogen-bond acceptors (Lipinski definition) is 3. The molecule has 0 saturated carbocycles. The summed E-state index contributed by atoms with van der Waals surface area (Å²) in [7, 11) is 0. The van der Waals surface area contributed by atoms with Gasteiger partial charge in [0.05, 0.1) is 12.3 Å². The Balaban J connectivity index is 2.88. The number of amides is 1. The first-order valence-corrected chi connectivity index (χ1v) is 4.58. The molecule has 0 fully saturated rings. The molecular weight excluding hydrogens is 239 g/mol. The van der Waals surface area contributed by atoms with Crippen molar-refractivity contribution in [2.75, 3.05) is 11.9 Å². The Labute approximate surface area is 94.4 Å². The van der Waals surface area contributed by atoms with Crippen LogP contribution in [0.5, 0.6) is 0 Å². The van der Waals surface area contributed by atoms with Crippen molar-refractivity contribution in [1.82, 2.24) is 0 Å². The zero-order chi connectivity index (χ0) is 13.0. The van der Waals surface area contributed by atoms with E-state index >= 15 is 0 Å². The molecule has 0 unspecified atom stereocenters. The second-order valence-electron chi connectivity index (χ2n) is 2.92. The highest BCUT2D eigenvalue weighted by Gasteiger charge is 2.19. The van der Waals surface area contributed by atoms with Gasteiger partial charge in [-0.25, -0.2) is 18.0 Å². The number of carbonyl (C=O) groups is 2. The summed E-state index contributed by atoms with van der Waals surface area (Å²) in [6, 6.07) is 0.866. The van der Waals surface area contributed by atoms with E-state index in [0.29, 0.717) is 12.1 Å². The minimum Gasteiger partial charge on any atom is -0.459 e. The smallest absolute Gasteiger partial charge is 0.397 e. The van der Waals surface area contributed by atoms with Gasteiger partial charge in [0.1, 0.15) is 5.82 Å². The highest BCUT2D eigenvalue weighted by molar-refractivity contribution is 6.37. The molecule has 1 N–H and O–H groups in total. The van der Waals surface area contributed by atoms with Gasteiger partial charge in [-0.2, -0.15) is 0 Å². The fourth-order valence-corrected chi connectivity index (χ4v) is 1.02. The van der Waals surface area contributed by atoms with Crippen molar-refractivity contribution in [3.05, 3.63) is 29.6 Å². The van der Waals surface area contributed by atoms with Gasteiger partial charge in [-0.15, -0.1) is 0 Å². The van der Waals surface area contributed by atoms with Crippen molar-refractivity contribution in [2.24, 2.45) is 0 Å². The largest absolute Gasteiger partial charge is 0.459 e. The summed E-state index contributed by atoms with van der Waals surface area (Å²) in [5.74, 6) is -6.58. The zero-order valence-electron chi connectivity index (χ0n) is 8.72. The van der Waals surface area contributed by atoms with E-state index in [0.717, 1.165) is 0 Å². The van der Waals surface area contributed by atoms with Gasteiger partial charge in [0.2, 0.25) is 0 Å². The molecular formula is C10H8F3NO3. The molecule has 0 atom stereocenters. The average molecular weight is 247 g/mol. The fraction of sp³-hybridized carbons (Fsp3) is 0.200. The summed E-state index contributed by atoms with van der Waals surface area (Å²) in [5.41, 5.74) is -0.763. The van der Waals surface area contributed by atoms with Crippen LogP contribution in [0.15, 0.2) is 12.1 Å². The highest BCUT2D eigenvalue weighted by atomic mass is 19.2. The maximum atomic E-state index is 13.1. The van der Waals surface area contributed by atoms with E-state index in [1.165, 1.54) is 6.92 Å². The molecule has 92 valence electrons. The van der Waals surface area contributed by atoms with E-state index in [1.54, 1.807) is 5.32 Å². The lowest BCUT2D eigenvalue weighted by Gasteiger charge is -2.06. The molecule has 0 aliphatic rings. The van der Waals surface area contributed by atoms with E-state index in [1.807, 2.05) is 0 Å². The summed E-state index contributed by atoms with van der Waals surface area (Å²) in [4.78, 5) is 22.0. The summed E-state index contributed by atoms with van der Waals surface area (Å²) < 4.78 is 42.9. The lowest BCUT2D eigenvalue weighted by Crippen LogP contribution is -2.25. The average Bonchev–Trinajstić information content (AvgIpc) is 2.25. The molecule has 17 heavy (non-hydrogen) atoms. The lowest BCUT2D eigenvalue weighted by atomic mass is 10.3. The van der Waals surface area contributed by atoms with Gasteiger partial charge in [0.15, 0.2) is 11.6 Å². The molecule has 0 heterocycles. The molecule has 0 spiro atoms. The topological polar surface area (TPSA) is 55.4 Å². The molecule has 0 radical (unpaired) electrons. The number of benzene rings is 1. The third-order valence-electron chi connectivity index (χ3n) is 1.70. The third kappa shape index (κ3) is 3.20. The maximum absolute atomic E-state index is 13.1. The Kier molecular flexibility index (Phi) is 4.08. The number of ether oxygens (including phenoxy) is 1. The zero-order valence-corrected chi connectivity index (χ0v) is 8.72. The van der Waals surface area contributed by atoms with E-state index in [-0.39, 0.29) is 6.61 Å². The number of hydrogen-bond donors (Lipinski definition) is 1. The Morgan fingerprint density at radius 2 is 1.94 bits per heavy atom. The van der Waals surface area contributed by atoms with Crippen LogP contribution in [0.4, 0.5) is 18.9 Å². The summed E-state index contributed by atoms with van der Waals surface area (Å²) in [6.07, 6.45) is 0. The first kappa shape index (κ1) is 13.0. The van der Waals surface area contributed by atoms with Crippen LogP contribution in [0.2, 0.25) is 0 Å². The number of carbonyl (C=O) groups excluding carboxylic acids is 2. The van der Waals surface area contributed by atoms with Crippen molar-refractivity contribution in [1.29, 1.82) is 0 Å². The number of halogens is 3. The van der Waals surface area contributed by atoms with Crippen LogP contribution in [0.25, 0.3) is 0 Å². The third-order valence-corrected chi connectivity index (χ3v) is 1.70. The van der Waals surface area contributed by atoms with Crippen LogP contribution >= 0.6 is 0 Å². The quantitative estimate of drug-likeness (QED) is 0.490. The number of rotatable bonds is 2. The van der Waals surface area contributed by atoms with Gasteiger partial charge in [0, 0.05) is 12.1 Å². The van der Waals surface area contributed by atoms with Crippen molar-refractivity contribution in [3.63, 3.8) is 0 Å². The first-order valence-electron chi connectivity index (χ1n) is 4.58. The van der Waals surface area contributed by atoms with Crippen LogP contribution in [-0.2, 0) is 14.3 Å². The highest BCUT2D eigenvalue weighted by Crippen LogP contribution is 2.18. The van der Waals surface area contributed by atoms with E-state index in [2.05, 4.69) is 4.74 Å². The molecule has 7 heteroatoms. The van der Waals surface area contributed by atoms with Crippen LogP contribution in [0.3, 0.4) is 0 Å². The van der Waals surface area contributed by atoms with Gasteiger partial charge < -0.3 is 10.1 Å². The second-order valence-corrected chi connectivity index (χ2v) is 2.92. The minimum absolute atomic E-state index is 0.0494. The van der Waals surface area contributed by atoms with E-state index in [9.17, 15) is 22.8 Å². The molecule has 1 amide bonds. The predicted molar refractivity (Wildman–Crippen MR) is 51.6 cm³/mol. The number of anilines is 1. The Morgan fingerprint density at radius 1 is 1.29 bits per heavy atom. The van der Waals surface area contributed by atoms with Gasteiger partial charge in [-0.1, -0.05) is 0 Å². The van der Waals surface area contributed by atoms with Crippen molar-refractivity contribution >= 4 is 17.6 Å². The maximum Gasteiger partial charge on any atom is 0.397 e. The minimum atomic E-state index is -1.47. The second kappa shape index (κ2) is 5.33. The lowest BCUT2D eigenvalue weighted by molar-refractivity contribution is -0.152. The van der Waals surface area contributed by atoms with Crippen LogP contribution in [-0.4, -0.2) is 18.5 Å². The van der Waals surface area contributed by atoms with Gasteiger partial charge in [-0.3, -0.25) is 4.79 Å². The number of esters is 1. The molecule has 1 aromatic carbocycles. The summed E-state index contributed by atoms with van der Waals surface area (Å²) in [5, 5.41) is 1.71. The molecule has 0 aliphatic heterocycles. The molecule has 0 aliphatic carbocycles. The van der Waals surface area contributed by atoms with Crippen LogP contribution in [0.1, 0.15) is 6.92 Å². The fourth-order valence-electron chi connectivity index (χ4n) is 1.02. The standard InChI is InChI=1S/C10H8F3NO3/c1-2-17-10(16)9(15)14-7-4-5(11)3-6(12)8(7)13/h3-4H,2H2,1H3,(H,14,15). The Bertz CT molecular complexity index is 462. The van der Waals surface area contributed by atoms with Gasteiger partial charge >= 0.3 is 11.9 Å². The molecule has 1 aromatic rings. The molecule has 0 aromatic heterocycles. The van der Waals surface area contributed by atoms with E-state index in [4.69, 9.17) is 0 Å². The van der Waals surface area contributed by atoms with Crippen molar-refractivity contribution < 1.29 is 27.5 Å². The van der Waals surface area contributed by atoms with Gasteiger partial charge in [0.25, 0.3) is 0 Å². The summed E-state index contributed by atoms with van der Waals surface area (Å²) in [6.45, 7) is 1.42. The van der Waals surface area contributed by atoms with Crippen molar-refractivity contribution in [2.45, 2.75) is 6.92 Å². The predicted octanol–water partition coefficient (Wildman–Crippen LogP) is 1.61. The SMILES string of the molecule is CCOC(=O)C(=O)Nc1cc(F)cc(F)c1F. The van der Waals surface area contributed by atoms with Crippen LogP contribution < -0.4 is 5.32 Å². The molecule has 0 bridgehead atoms. The Hall–Kier alpha value is -2.05. The summed E-state index contributed by atoms with van der Waals surface area (Å²) >= 11 is 0. The van der Waals surface area contributed by atoms with E-state index < -0.39 is 35.0 Å². The Morgan fingerprint density at radius 3 is 2.53 bits per heavy atom. The van der Waals surface area contributed by atoms with Crippen molar-refractivity contribution in [3.8, 4) is 0 Å².